The number of hydrogen-bond donors (Lipinski definition) is 1. The fourth-order valence-corrected chi connectivity index (χ4v) is 1.95. The van der Waals surface area contributed by atoms with Crippen LogP contribution in [0.5, 0.6) is 0 Å². The lowest BCUT2D eigenvalue weighted by molar-refractivity contribution is 0.588. The summed E-state index contributed by atoms with van der Waals surface area (Å²) >= 11 is 0. The Labute approximate surface area is 105 Å². The predicted molar refractivity (Wildman–Crippen MR) is 71.9 cm³/mol. The highest BCUT2D eigenvalue weighted by atomic mass is 14.8. The Bertz CT molecular complexity index is 410. The lowest BCUT2D eigenvalue weighted by atomic mass is 9.84. The van der Waals surface area contributed by atoms with Crippen molar-refractivity contribution in [3.8, 4) is 6.07 Å². The second kappa shape index (κ2) is 5.33. The monoisotopic (exact) mass is 230 g/mol. The standard InChI is InChI=1S/C15H22N2/c1-11-8-13(15(3,4)5)9-12(2)14(11)10-17-7-6-16/h8-9,17H,7,10H2,1-5H3. The van der Waals surface area contributed by atoms with Gasteiger partial charge in [0.05, 0.1) is 12.6 Å². The zero-order chi connectivity index (χ0) is 13.1. The summed E-state index contributed by atoms with van der Waals surface area (Å²) < 4.78 is 0. The molecule has 1 aromatic rings. The molecule has 0 heterocycles. The molecular formula is C15H22N2. The molecule has 0 atom stereocenters. The first-order chi connectivity index (χ1) is 7.86. The van der Waals surface area contributed by atoms with Gasteiger partial charge in [0, 0.05) is 6.54 Å². The van der Waals surface area contributed by atoms with Crippen molar-refractivity contribution in [1.29, 1.82) is 5.26 Å². The smallest absolute Gasteiger partial charge is 0.0843 e. The van der Waals surface area contributed by atoms with Crippen molar-refractivity contribution in [3.05, 3.63) is 34.4 Å². The Morgan fingerprint density at radius 1 is 1.18 bits per heavy atom. The molecule has 0 spiro atoms. The van der Waals surface area contributed by atoms with E-state index >= 15 is 0 Å². The van der Waals surface area contributed by atoms with Crippen LogP contribution in [0.4, 0.5) is 0 Å². The lowest BCUT2D eigenvalue weighted by Crippen LogP contribution is -2.17. The molecule has 2 nitrogen and oxygen atoms in total. The van der Waals surface area contributed by atoms with Crippen molar-refractivity contribution >= 4 is 0 Å². The second-order valence-corrected chi connectivity index (χ2v) is 5.60. The van der Waals surface area contributed by atoms with E-state index in [1.54, 1.807) is 0 Å². The highest BCUT2D eigenvalue weighted by molar-refractivity contribution is 5.40. The Kier molecular flexibility index (Phi) is 4.31. The highest BCUT2D eigenvalue weighted by Crippen LogP contribution is 2.26. The average Bonchev–Trinajstić information content (AvgIpc) is 2.20. The highest BCUT2D eigenvalue weighted by Gasteiger charge is 2.15. The third-order valence-corrected chi connectivity index (χ3v) is 3.07. The molecule has 0 saturated heterocycles. The molecule has 0 bridgehead atoms. The van der Waals surface area contributed by atoms with Gasteiger partial charge < -0.3 is 5.32 Å². The molecule has 2 heteroatoms. The summed E-state index contributed by atoms with van der Waals surface area (Å²) in [6, 6.07) is 6.62. The van der Waals surface area contributed by atoms with Crippen LogP contribution in [-0.2, 0) is 12.0 Å². The summed E-state index contributed by atoms with van der Waals surface area (Å²) in [6.45, 7) is 12.2. The Morgan fingerprint density at radius 2 is 1.71 bits per heavy atom. The molecule has 1 aromatic carbocycles. The maximum Gasteiger partial charge on any atom is 0.0843 e. The van der Waals surface area contributed by atoms with E-state index in [1.165, 1.54) is 22.3 Å². The number of aryl methyl sites for hydroxylation is 2. The summed E-state index contributed by atoms with van der Waals surface area (Å²) in [4.78, 5) is 0. The van der Waals surface area contributed by atoms with Crippen LogP contribution in [0.25, 0.3) is 0 Å². The van der Waals surface area contributed by atoms with Gasteiger partial charge in [-0.15, -0.1) is 0 Å². The normalized spacial score (nSPS) is 11.3. The fraction of sp³-hybridized carbons (Fsp3) is 0.533. The van der Waals surface area contributed by atoms with Gasteiger partial charge in [0.1, 0.15) is 0 Å². The van der Waals surface area contributed by atoms with Crippen LogP contribution >= 0.6 is 0 Å². The molecule has 1 rings (SSSR count). The fourth-order valence-electron chi connectivity index (χ4n) is 1.95. The van der Waals surface area contributed by atoms with E-state index in [4.69, 9.17) is 5.26 Å². The van der Waals surface area contributed by atoms with E-state index in [9.17, 15) is 0 Å². The van der Waals surface area contributed by atoms with Gasteiger partial charge in [-0.05, 0) is 41.5 Å². The van der Waals surface area contributed by atoms with Crippen LogP contribution in [-0.4, -0.2) is 6.54 Å². The number of nitriles is 1. The number of nitrogens with one attached hydrogen (secondary N) is 1. The van der Waals surface area contributed by atoms with Crippen LogP contribution < -0.4 is 5.32 Å². The van der Waals surface area contributed by atoms with Crippen molar-refractivity contribution in [2.75, 3.05) is 6.54 Å². The largest absolute Gasteiger partial charge is 0.300 e. The molecule has 17 heavy (non-hydrogen) atoms. The minimum absolute atomic E-state index is 0.189. The molecule has 92 valence electrons. The van der Waals surface area contributed by atoms with Crippen molar-refractivity contribution in [1.82, 2.24) is 5.32 Å². The van der Waals surface area contributed by atoms with Crippen molar-refractivity contribution < 1.29 is 0 Å². The topological polar surface area (TPSA) is 35.8 Å². The number of rotatable bonds is 3. The molecule has 0 aliphatic carbocycles. The van der Waals surface area contributed by atoms with Gasteiger partial charge >= 0.3 is 0 Å². The van der Waals surface area contributed by atoms with Crippen LogP contribution in [0.15, 0.2) is 12.1 Å². The maximum atomic E-state index is 8.52. The van der Waals surface area contributed by atoms with Gasteiger partial charge in [0.25, 0.3) is 0 Å². The van der Waals surface area contributed by atoms with E-state index in [2.05, 4.69) is 58.1 Å². The van der Waals surface area contributed by atoms with Crippen LogP contribution in [0.1, 0.15) is 43.0 Å². The average molecular weight is 230 g/mol. The summed E-state index contributed by atoms with van der Waals surface area (Å²) in [7, 11) is 0. The Hall–Kier alpha value is -1.33. The Morgan fingerprint density at radius 3 is 2.12 bits per heavy atom. The van der Waals surface area contributed by atoms with Crippen molar-refractivity contribution in [2.45, 2.75) is 46.6 Å². The lowest BCUT2D eigenvalue weighted by Gasteiger charge is -2.22. The number of hydrogen-bond acceptors (Lipinski definition) is 2. The third kappa shape index (κ3) is 3.57. The summed E-state index contributed by atoms with van der Waals surface area (Å²) in [5, 5.41) is 11.7. The van der Waals surface area contributed by atoms with Crippen LogP contribution in [0.2, 0.25) is 0 Å². The van der Waals surface area contributed by atoms with Crippen molar-refractivity contribution in [2.24, 2.45) is 0 Å². The van der Waals surface area contributed by atoms with Gasteiger partial charge in [-0.2, -0.15) is 5.26 Å². The maximum absolute atomic E-state index is 8.52. The molecule has 0 aromatic heterocycles. The summed E-state index contributed by atoms with van der Waals surface area (Å²) in [5.74, 6) is 0. The van der Waals surface area contributed by atoms with E-state index in [1.807, 2.05) is 0 Å². The minimum atomic E-state index is 0.189. The molecule has 0 aliphatic rings. The van der Waals surface area contributed by atoms with Gasteiger partial charge in [-0.25, -0.2) is 0 Å². The first-order valence-electron chi connectivity index (χ1n) is 6.04. The van der Waals surface area contributed by atoms with E-state index in [0.29, 0.717) is 6.54 Å². The molecule has 0 saturated carbocycles. The minimum Gasteiger partial charge on any atom is -0.300 e. The molecule has 0 fully saturated rings. The molecule has 1 N–H and O–H groups in total. The zero-order valence-electron chi connectivity index (χ0n) is 11.5. The number of benzene rings is 1. The van der Waals surface area contributed by atoms with Gasteiger partial charge in [0.2, 0.25) is 0 Å². The second-order valence-electron chi connectivity index (χ2n) is 5.60. The molecule has 0 radical (unpaired) electrons. The summed E-state index contributed by atoms with van der Waals surface area (Å²) in [5.41, 5.74) is 5.49. The molecule has 0 aliphatic heterocycles. The Balaban J connectivity index is 2.99. The number of nitrogens with zero attached hydrogens (tertiary/aromatic N) is 1. The zero-order valence-corrected chi connectivity index (χ0v) is 11.5. The molecule has 0 amide bonds. The third-order valence-electron chi connectivity index (χ3n) is 3.07. The van der Waals surface area contributed by atoms with Gasteiger partial charge in [-0.1, -0.05) is 32.9 Å². The molecule has 0 unspecified atom stereocenters. The van der Waals surface area contributed by atoms with E-state index in [0.717, 1.165) is 6.54 Å². The van der Waals surface area contributed by atoms with E-state index in [-0.39, 0.29) is 5.41 Å². The predicted octanol–water partition coefficient (Wildman–Crippen LogP) is 3.21. The quantitative estimate of drug-likeness (QED) is 0.639. The molecular weight excluding hydrogens is 208 g/mol. The first-order valence-corrected chi connectivity index (χ1v) is 6.04. The first kappa shape index (κ1) is 13.7. The van der Waals surface area contributed by atoms with Crippen molar-refractivity contribution in [3.63, 3.8) is 0 Å². The summed E-state index contributed by atoms with van der Waals surface area (Å²) in [6.07, 6.45) is 0. The van der Waals surface area contributed by atoms with Crippen LogP contribution in [0, 0.1) is 25.2 Å². The SMILES string of the molecule is Cc1cc(C(C)(C)C)cc(C)c1CNCC#N. The van der Waals surface area contributed by atoms with Gasteiger partial charge in [-0.3, -0.25) is 0 Å². The van der Waals surface area contributed by atoms with E-state index < -0.39 is 0 Å². The van der Waals surface area contributed by atoms with Gasteiger partial charge in [0.15, 0.2) is 0 Å². The van der Waals surface area contributed by atoms with Crippen LogP contribution in [0.3, 0.4) is 0 Å².